The lowest BCUT2D eigenvalue weighted by Crippen LogP contribution is -2.42. The summed E-state index contributed by atoms with van der Waals surface area (Å²) in [6.45, 7) is 2.16. The fourth-order valence-corrected chi connectivity index (χ4v) is 3.67. The third-order valence-electron chi connectivity index (χ3n) is 4.15. The van der Waals surface area contributed by atoms with Crippen LogP contribution in [0, 0.1) is 6.92 Å². The maximum absolute atomic E-state index is 12.0. The van der Waals surface area contributed by atoms with E-state index in [-0.39, 0.29) is 12.5 Å². The Kier molecular flexibility index (Phi) is 4.59. The van der Waals surface area contributed by atoms with Crippen LogP contribution in [0.3, 0.4) is 0 Å². The number of thiazole rings is 1. The molecule has 1 aliphatic rings. The average Bonchev–Trinajstić information content (AvgIpc) is 2.97. The molecule has 1 amide bonds. The SMILES string of the molecule is Cc1ncc(/C=C\C(=O)NC[C@@]2(O)CCCc3ccccc32)s1. The van der Waals surface area contributed by atoms with E-state index in [0.717, 1.165) is 28.3 Å². The molecule has 3 rings (SSSR count). The van der Waals surface area contributed by atoms with E-state index in [0.29, 0.717) is 6.42 Å². The minimum atomic E-state index is -0.973. The molecule has 120 valence electrons. The second-order valence-corrected chi connectivity index (χ2v) is 7.14. The zero-order valence-corrected chi connectivity index (χ0v) is 13.9. The molecule has 0 saturated heterocycles. The lowest BCUT2D eigenvalue weighted by atomic mass is 9.79. The molecule has 0 unspecified atom stereocenters. The lowest BCUT2D eigenvalue weighted by Gasteiger charge is -2.34. The number of aryl methyl sites for hydroxylation is 2. The Hall–Kier alpha value is -1.98. The maximum atomic E-state index is 12.0. The van der Waals surface area contributed by atoms with Crippen LogP contribution in [0.2, 0.25) is 0 Å². The number of carbonyl (C=O) groups excluding carboxylic acids is 1. The van der Waals surface area contributed by atoms with Crippen molar-refractivity contribution < 1.29 is 9.90 Å². The highest BCUT2D eigenvalue weighted by Crippen LogP contribution is 2.34. The number of carbonyl (C=O) groups is 1. The van der Waals surface area contributed by atoms with Gasteiger partial charge >= 0.3 is 0 Å². The van der Waals surface area contributed by atoms with Gasteiger partial charge in [0.15, 0.2) is 0 Å². The van der Waals surface area contributed by atoms with Gasteiger partial charge in [0.1, 0.15) is 5.60 Å². The van der Waals surface area contributed by atoms with Crippen LogP contribution in [-0.2, 0) is 16.8 Å². The van der Waals surface area contributed by atoms with Gasteiger partial charge in [-0.2, -0.15) is 0 Å². The number of hydrogen-bond acceptors (Lipinski definition) is 4. The van der Waals surface area contributed by atoms with E-state index in [1.807, 2.05) is 31.2 Å². The fraction of sp³-hybridized carbons (Fsp3) is 0.333. The minimum Gasteiger partial charge on any atom is -0.383 e. The van der Waals surface area contributed by atoms with Crippen molar-refractivity contribution in [3.8, 4) is 0 Å². The molecule has 0 bridgehead atoms. The Bertz CT molecular complexity index is 738. The Balaban J connectivity index is 1.64. The first-order valence-electron chi connectivity index (χ1n) is 7.76. The van der Waals surface area contributed by atoms with Crippen LogP contribution in [0.1, 0.15) is 33.9 Å². The Morgan fingerprint density at radius 2 is 2.30 bits per heavy atom. The van der Waals surface area contributed by atoms with E-state index in [2.05, 4.69) is 10.3 Å². The number of benzene rings is 1. The molecule has 1 aromatic carbocycles. The summed E-state index contributed by atoms with van der Waals surface area (Å²) in [5.74, 6) is -0.201. The van der Waals surface area contributed by atoms with Crippen molar-refractivity contribution in [3.63, 3.8) is 0 Å². The zero-order valence-electron chi connectivity index (χ0n) is 13.1. The summed E-state index contributed by atoms with van der Waals surface area (Å²) in [7, 11) is 0. The largest absolute Gasteiger partial charge is 0.383 e. The quantitative estimate of drug-likeness (QED) is 0.849. The van der Waals surface area contributed by atoms with E-state index in [1.165, 1.54) is 23.0 Å². The topological polar surface area (TPSA) is 62.2 Å². The molecule has 1 aliphatic carbocycles. The van der Waals surface area contributed by atoms with Crippen molar-refractivity contribution >= 4 is 23.3 Å². The van der Waals surface area contributed by atoms with Crippen molar-refractivity contribution in [2.75, 3.05) is 6.54 Å². The predicted octanol–water partition coefficient (Wildman–Crippen LogP) is 2.81. The standard InChI is InChI=1S/C18H20N2O2S/c1-13-19-11-15(23-13)8-9-17(21)20-12-18(22)10-4-6-14-5-2-3-7-16(14)18/h2-3,5,7-9,11,22H,4,6,10,12H2,1H3,(H,20,21)/b9-8-/t18-/m0/s1. The number of rotatable bonds is 4. The summed E-state index contributed by atoms with van der Waals surface area (Å²) in [4.78, 5) is 17.1. The second-order valence-electron chi connectivity index (χ2n) is 5.88. The predicted molar refractivity (Wildman–Crippen MR) is 92.2 cm³/mol. The summed E-state index contributed by atoms with van der Waals surface area (Å²) in [5.41, 5.74) is 1.14. The van der Waals surface area contributed by atoms with Gasteiger partial charge in [-0.15, -0.1) is 11.3 Å². The molecule has 2 N–H and O–H groups in total. The van der Waals surface area contributed by atoms with E-state index in [4.69, 9.17) is 0 Å². The zero-order chi connectivity index (χ0) is 16.3. The third-order valence-corrected chi connectivity index (χ3v) is 5.03. The van der Waals surface area contributed by atoms with Crippen LogP contribution >= 0.6 is 11.3 Å². The monoisotopic (exact) mass is 328 g/mol. The van der Waals surface area contributed by atoms with Crippen LogP contribution in [0.5, 0.6) is 0 Å². The number of aliphatic hydroxyl groups is 1. The summed E-state index contributed by atoms with van der Waals surface area (Å²) in [6.07, 6.45) is 7.57. The van der Waals surface area contributed by atoms with Crippen LogP contribution in [-0.4, -0.2) is 22.5 Å². The Morgan fingerprint density at radius 3 is 3.09 bits per heavy atom. The number of nitrogens with zero attached hydrogens (tertiary/aromatic N) is 1. The normalized spacial score (nSPS) is 20.4. The van der Waals surface area contributed by atoms with E-state index in [1.54, 1.807) is 12.3 Å². The molecule has 4 nitrogen and oxygen atoms in total. The second kappa shape index (κ2) is 6.64. The van der Waals surface area contributed by atoms with Gasteiger partial charge in [-0.25, -0.2) is 4.98 Å². The highest BCUT2D eigenvalue weighted by molar-refractivity contribution is 7.12. The molecule has 23 heavy (non-hydrogen) atoms. The fourth-order valence-electron chi connectivity index (χ4n) is 2.99. The molecule has 1 heterocycles. The smallest absolute Gasteiger partial charge is 0.244 e. The molecule has 1 aromatic heterocycles. The molecule has 0 saturated carbocycles. The minimum absolute atomic E-state index is 0.201. The van der Waals surface area contributed by atoms with E-state index in [9.17, 15) is 9.90 Å². The summed E-state index contributed by atoms with van der Waals surface area (Å²) in [5, 5.41) is 14.7. The summed E-state index contributed by atoms with van der Waals surface area (Å²) < 4.78 is 0. The summed E-state index contributed by atoms with van der Waals surface area (Å²) in [6, 6.07) is 7.93. The van der Waals surface area contributed by atoms with Crippen LogP contribution in [0.4, 0.5) is 0 Å². The molecular formula is C18H20N2O2S. The first-order valence-corrected chi connectivity index (χ1v) is 8.58. The molecule has 5 heteroatoms. The van der Waals surface area contributed by atoms with E-state index < -0.39 is 5.60 Å². The van der Waals surface area contributed by atoms with Crippen molar-refractivity contribution in [3.05, 3.63) is 57.6 Å². The highest BCUT2D eigenvalue weighted by Gasteiger charge is 2.34. The Labute approximate surface area is 139 Å². The molecule has 0 spiro atoms. The van der Waals surface area contributed by atoms with Gasteiger partial charge < -0.3 is 10.4 Å². The number of hydrogen-bond donors (Lipinski definition) is 2. The third kappa shape index (κ3) is 3.68. The molecule has 0 radical (unpaired) electrons. The molecule has 2 aromatic rings. The van der Waals surface area contributed by atoms with Crippen molar-refractivity contribution in [1.29, 1.82) is 0 Å². The first-order chi connectivity index (χ1) is 11.1. The Morgan fingerprint density at radius 1 is 1.48 bits per heavy atom. The number of nitrogens with one attached hydrogen (secondary N) is 1. The lowest BCUT2D eigenvalue weighted by molar-refractivity contribution is -0.118. The molecule has 0 aliphatic heterocycles. The highest BCUT2D eigenvalue weighted by atomic mass is 32.1. The van der Waals surface area contributed by atoms with Crippen LogP contribution < -0.4 is 5.32 Å². The van der Waals surface area contributed by atoms with E-state index >= 15 is 0 Å². The van der Waals surface area contributed by atoms with Gasteiger partial charge in [-0.3, -0.25) is 4.79 Å². The van der Waals surface area contributed by atoms with Crippen LogP contribution in [0.15, 0.2) is 36.5 Å². The number of fused-ring (bicyclic) bond motifs is 1. The number of amides is 1. The van der Waals surface area contributed by atoms with Gasteiger partial charge in [-0.05, 0) is 43.4 Å². The van der Waals surface area contributed by atoms with Crippen molar-refractivity contribution in [2.24, 2.45) is 0 Å². The van der Waals surface area contributed by atoms with Gasteiger partial charge in [0.05, 0.1) is 11.6 Å². The number of aromatic nitrogens is 1. The average molecular weight is 328 g/mol. The van der Waals surface area contributed by atoms with Gasteiger partial charge in [-0.1, -0.05) is 24.3 Å². The van der Waals surface area contributed by atoms with Gasteiger partial charge in [0.2, 0.25) is 5.91 Å². The van der Waals surface area contributed by atoms with Crippen LogP contribution in [0.25, 0.3) is 6.08 Å². The van der Waals surface area contributed by atoms with Gasteiger partial charge in [0, 0.05) is 17.2 Å². The van der Waals surface area contributed by atoms with Crippen molar-refractivity contribution in [1.82, 2.24) is 10.3 Å². The molecular weight excluding hydrogens is 308 g/mol. The molecule has 1 atom stereocenters. The molecule has 0 fully saturated rings. The first kappa shape index (κ1) is 15.9. The maximum Gasteiger partial charge on any atom is 0.244 e. The van der Waals surface area contributed by atoms with Crippen molar-refractivity contribution in [2.45, 2.75) is 31.8 Å². The summed E-state index contributed by atoms with van der Waals surface area (Å²) >= 11 is 1.54. The van der Waals surface area contributed by atoms with Gasteiger partial charge in [0.25, 0.3) is 0 Å².